The fourth-order valence-electron chi connectivity index (χ4n) is 2.68. The number of carboxylic acid groups (broad SMARTS) is 1. The summed E-state index contributed by atoms with van der Waals surface area (Å²) in [6.45, 7) is 3.98. The lowest BCUT2D eigenvalue weighted by atomic mass is 10.1. The zero-order chi connectivity index (χ0) is 18.0. The van der Waals surface area contributed by atoms with Crippen molar-refractivity contribution in [1.82, 2.24) is 10.3 Å². The van der Waals surface area contributed by atoms with Gasteiger partial charge in [0.15, 0.2) is 11.5 Å². The third-order valence-electron chi connectivity index (χ3n) is 3.88. The molecule has 1 aromatic carbocycles. The average molecular weight is 342 g/mol. The van der Waals surface area contributed by atoms with Crippen LogP contribution in [-0.4, -0.2) is 28.5 Å². The molecule has 130 valence electrons. The molecule has 3 aromatic rings. The number of aromatic nitrogens is 1. The Labute approximate surface area is 143 Å². The van der Waals surface area contributed by atoms with Gasteiger partial charge in [-0.15, -0.1) is 0 Å². The van der Waals surface area contributed by atoms with Crippen LogP contribution in [0, 0.1) is 13.8 Å². The van der Waals surface area contributed by atoms with Gasteiger partial charge in [0.2, 0.25) is 0 Å². The topological polar surface area (TPSA) is 106 Å². The van der Waals surface area contributed by atoms with Gasteiger partial charge in [-0.25, -0.2) is 4.98 Å². The van der Waals surface area contributed by atoms with Crippen molar-refractivity contribution < 1.29 is 23.5 Å². The number of hydrogen-bond acceptors (Lipinski definition) is 5. The Morgan fingerprint density at radius 3 is 2.76 bits per heavy atom. The third kappa shape index (κ3) is 3.55. The van der Waals surface area contributed by atoms with Gasteiger partial charge < -0.3 is 19.3 Å². The lowest BCUT2D eigenvalue weighted by molar-refractivity contribution is -0.136. The number of aliphatic carboxylic acids is 1. The van der Waals surface area contributed by atoms with Crippen LogP contribution in [0.2, 0.25) is 0 Å². The first-order chi connectivity index (χ1) is 12.0. The molecule has 2 heterocycles. The molecular weight excluding hydrogens is 324 g/mol. The molecule has 0 radical (unpaired) electrons. The maximum Gasteiger partial charge on any atom is 0.311 e. The number of benzene rings is 1. The number of nitrogens with zero attached hydrogens (tertiary/aromatic N) is 1. The van der Waals surface area contributed by atoms with E-state index in [0.717, 1.165) is 16.7 Å². The number of para-hydroxylation sites is 1. The summed E-state index contributed by atoms with van der Waals surface area (Å²) in [5, 5.41) is 11.6. The monoisotopic (exact) mass is 342 g/mol. The van der Waals surface area contributed by atoms with Crippen molar-refractivity contribution in [3.8, 4) is 0 Å². The van der Waals surface area contributed by atoms with Crippen molar-refractivity contribution in [2.24, 2.45) is 0 Å². The Morgan fingerprint density at radius 1 is 1.24 bits per heavy atom. The molecular formula is C18H18N2O5. The number of furan rings is 1. The molecule has 7 nitrogen and oxygen atoms in total. The minimum absolute atomic E-state index is 0.153. The molecule has 0 spiro atoms. The van der Waals surface area contributed by atoms with Gasteiger partial charge in [-0.1, -0.05) is 12.1 Å². The minimum Gasteiger partial charge on any atom is -0.481 e. The van der Waals surface area contributed by atoms with Crippen molar-refractivity contribution in [3.05, 3.63) is 52.8 Å². The Bertz CT molecular complexity index is 938. The van der Waals surface area contributed by atoms with Crippen LogP contribution in [0.4, 0.5) is 0 Å². The van der Waals surface area contributed by atoms with Crippen LogP contribution in [0.5, 0.6) is 0 Å². The van der Waals surface area contributed by atoms with Gasteiger partial charge in [-0.3, -0.25) is 9.59 Å². The maximum atomic E-state index is 12.3. The van der Waals surface area contributed by atoms with Gasteiger partial charge in [0.25, 0.3) is 5.91 Å². The standard InChI is InChI=1S/C18H18N2O5/c1-10-4-3-5-12-17(10)20-14(25-12)6-7-19-18(23)16-11(2)9-24-13(16)8-15(21)22/h3-5,9H,6-8H2,1-2H3,(H,19,23)(H,21,22). The lowest BCUT2D eigenvalue weighted by Gasteiger charge is -2.04. The second-order valence-electron chi connectivity index (χ2n) is 5.82. The molecule has 0 bridgehead atoms. The number of carboxylic acids is 1. The van der Waals surface area contributed by atoms with Crippen LogP contribution in [0.25, 0.3) is 11.1 Å². The van der Waals surface area contributed by atoms with E-state index in [1.165, 1.54) is 6.26 Å². The SMILES string of the molecule is Cc1coc(CC(=O)O)c1C(=O)NCCc1nc2c(C)cccc2o1. The van der Waals surface area contributed by atoms with E-state index in [4.69, 9.17) is 13.9 Å². The number of carbonyl (C=O) groups is 2. The molecule has 0 saturated carbocycles. The summed E-state index contributed by atoms with van der Waals surface area (Å²) in [7, 11) is 0. The van der Waals surface area contributed by atoms with Crippen LogP contribution in [0.3, 0.4) is 0 Å². The number of aryl methyl sites for hydroxylation is 2. The van der Waals surface area contributed by atoms with Gasteiger partial charge in [0.05, 0.1) is 11.8 Å². The molecule has 25 heavy (non-hydrogen) atoms. The van der Waals surface area contributed by atoms with Crippen LogP contribution in [-0.2, 0) is 17.6 Å². The third-order valence-corrected chi connectivity index (χ3v) is 3.88. The highest BCUT2D eigenvalue weighted by Gasteiger charge is 2.20. The lowest BCUT2D eigenvalue weighted by Crippen LogP contribution is -2.27. The summed E-state index contributed by atoms with van der Waals surface area (Å²) >= 11 is 0. The zero-order valence-electron chi connectivity index (χ0n) is 14.0. The van der Waals surface area contributed by atoms with Gasteiger partial charge in [0.1, 0.15) is 17.7 Å². The minimum atomic E-state index is -1.05. The largest absolute Gasteiger partial charge is 0.481 e. The van der Waals surface area contributed by atoms with E-state index in [2.05, 4.69) is 10.3 Å². The molecule has 0 fully saturated rings. The molecule has 1 amide bonds. The molecule has 0 atom stereocenters. The predicted molar refractivity (Wildman–Crippen MR) is 89.6 cm³/mol. The molecule has 0 aliphatic rings. The van der Waals surface area contributed by atoms with E-state index >= 15 is 0 Å². The van der Waals surface area contributed by atoms with Crippen molar-refractivity contribution in [2.45, 2.75) is 26.7 Å². The Morgan fingerprint density at radius 2 is 2.04 bits per heavy atom. The van der Waals surface area contributed by atoms with Gasteiger partial charge in [-0.05, 0) is 25.5 Å². The van der Waals surface area contributed by atoms with Crippen molar-refractivity contribution >= 4 is 23.0 Å². The highest BCUT2D eigenvalue weighted by molar-refractivity contribution is 5.97. The van der Waals surface area contributed by atoms with E-state index in [0.29, 0.717) is 24.4 Å². The van der Waals surface area contributed by atoms with Crippen LogP contribution in [0.1, 0.15) is 33.1 Å². The molecule has 0 unspecified atom stereocenters. The van der Waals surface area contributed by atoms with Gasteiger partial charge in [-0.2, -0.15) is 0 Å². The average Bonchev–Trinajstić information content (AvgIpc) is 3.11. The molecule has 2 aromatic heterocycles. The zero-order valence-corrected chi connectivity index (χ0v) is 14.0. The van der Waals surface area contributed by atoms with E-state index in [-0.39, 0.29) is 23.7 Å². The van der Waals surface area contributed by atoms with E-state index in [1.54, 1.807) is 6.92 Å². The Balaban J connectivity index is 1.65. The molecule has 0 aliphatic carbocycles. The Kier molecular flexibility index (Phi) is 4.56. The van der Waals surface area contributed by atoms with Crippen LogP contribution >= 0.6 is 0 Å². The fourth-order valence-corrected chi connectivity index (χ4v) is 2.68. The second-order valence-corrected chi connectivity index (χ2v) is 5.82. The quantitative estimate of drug-likeness (QED) is 0.713. The number of rotatable bonds is 6. The summed E-state index contributed by atoms with van der Waals surface area (Å²) in [5.41, 5.74) is 3.44. The highest BCUT2D eigenvalue weighted by Crippen LogP contribution is 2.19. The van der Waals surface area contributed by atoms with Crippen molar-refractivity contribution in [2.75, 3.05) is 6.54 Å². The van der Waals surface area contributed by atoms with Crippen molar-refractivity contribution in [3.63, 3.8) is 0 Å². The van der Waals surface area contributed by atoms with Crippen LogP contribution in [0.15, 0.2) is 33.3 Å². The first kappa shape index (κ1) is 16.8. The van der Waals surface area contributed by atoms with Gasteiger partial charge >= 0.3 is 5.97 Å². The molecule has 2 N–H and O–H groups in total. The van der Waals surface area contributed by atoms with E-state index < -0.39 is 5.97 Å². The van der Waals surface area contributed by atoms with Crippen molar-refractivity contribution in [1.29, 1.82) is 0 Å². The first-order valence-electron chi connectivity index (χ1n) is 7.87. The number of carbonyl (C=O) groups excluding carboxylic acids is 1. The van der Waals surface area contributed by atoms with Gasteiger partial charge in [0, 0.05) is 18.5 Å². The summed E-state index contributed by atoms with van der Waals surface area (Å²) in [6.07, 6.45) is 1.49. The maximum absolute atomic E-state index is 12.3. The van der Waals surface area contributed by atoms with E-state index in [1.807, 2.05) is 25.1 Å². The smallest absolute Gasteiger partial charge is 0.311 e. The normalized spacial score (nSPS) is 11.0. The summed E-state index contributed by atoms with van der Waals surface area (Å²) in [4.78, 5) is 27.6. The molecule has 0 aliphatic heterocycles. The molecule has 3 rings (SSSR count). The number of fused-ring (bicyclic) bond motifs is 1. The number of nitrogens with one attached hydrogen (secondary N) is 1. The molecule has 7 heteroatoms. The highest BCUT2D eigenvalue weighted by atomic mass is 16.4. The summed E-state index contributed by atoms with van der Waals surface area (Å²) in [6, 6.07) is 5.71. The predicted octanol–water partition coefficient (Wildman–Crippen LogP) is 2.64. The number of oxazole rings is 1. The number of amides is 1. The van der Waals surface area contributed by atoms with Crippen LogP contribution < -0.4 is 5.32 Å². The first-order valence-corrected chi connectivity index (χ1v) is 7.87. The molecule has 0 saturated heterocycles. The second kappa shape index (κ2) is 6.80. The summed E-state index contributed by atoms with van der Waals surface area (Å²) < 4.78 is 10.8. The fraction of sp³-hybridized carbons (Fsp3) is 0.278. The number of hydrogen-bond donors (Lipinski definition) is 2. The van der Waals surface area contributed by atoms with E-state index in [9.17, 15) is 9.59 Å². The summed E-state index contributed by atoms with van der Waals surface area (Å²) in [5.74, 6) is -0.723. The Hall–Kier alpha value is -3.09.